The number of carboxylic acid groups (broad SMARTS) is 2. The summed E-state index contributed by atoms with van der Waals surface area (Å²) in [4.78, 5) is 113. The Labute approximate surface area is 347 Å². The zero-order valence-electron chi connectivity index (χ0n) is 32.8. The van der Waals surface area contributed by atoms with Crippen molar-refractivity contribution in [2.24, 2.45) is 22.2 Å². The average Bonchev–Trinajstić information content (AvgIpc) is 3.71. The van der Waals surface area contributed by atoms with Crippen LogP contribution in [0.1, 0.15) is 37.4 Å². The molecule has 0 fully saturated rings. The van der Waals surface area contributed by atoms with Gasteiger partial charge in [-0.2, -0.15) is 0 Å². The summed E-state index contributed by atoms with van der Waals surface area (Å²) >= 11 is 0. The van der Waals surface area contributed by atoms with Gasteiger partial charge in [0.2, 0.25) is 35.4 Å². The molecule has 1 aromatic carbocycles. The number of aliphatic hydroxyl groups excluding tert-OH is 3. The average molecular weight is 865 g/mol. The number of rotatable bonds is 26. The van der Waals surface area contributed by atoms with Crippen molar-refractivity contribution in [1.29, 1.82) is 0 Å². The Morgan fingerprint density at radius 3 is 1.79 bits per heavy atom. The summed E-state index contributed by atoms with van der Waals surface area (Å²) < 4.78 is 0. The third-order valence-electron chi connectivity index (χ3n) is 8.61. The predicted molar refractivity (Wildman–Crippen MR) is 209 cm³/mol. The fourth-order valence-corrected chi connectivity index (χ4v) is 5.35. The number of phenols is 1. The van der Waals surface area contributed by atoms with E-state index >= 15 is 0 Å². The molecule has 0 unspecified atom stereocenters. The number of amides is 6. The van der Waals surface area contributed by atoms with Gasteiger partial charge in [-0.3, -0.25) is 38.6 Å². The van der Waals surface area contributed by atoms with Crippen molar-refractivity contribution in [3.8, 4) is 5.75 Å². The van der Waals surface area contributed by atoms with Gasteiger partial charge in [-0.15, -0.1) is 0 Å². The van der Waals surface area contributed by atoms with E-state index in [1.165, 1.54) is 36.8 Å². The molecule has 8 atom stereocenters. The number of nitrogens with one attached hydrogen (secondary N) is 7. The largest absolute Gasteiger partial charge is 0.508 e. The molecule has 26 heteroatoms. The maximum Gasteiger partial charge on any atom is 0.328 e. The number of aromatic nitrogens is 2. The standard InChI is InChI=1S/C35H52N12O14/c1-16(50)27(47-28(54)20(36)11-26(52)53)33(59)44-22(9-17-4-6-19(51)7-5-17)30(56)42-21(3-2-8-40-35(37)38)29(55)43-23(10-18-12-39-15-41-18)31(57)45-24(13-48)32(58)46-25(14-49)34(60)61/h4-7,12,15-16,20-25,27,48-51H,2-3,8-11,13-14,36H2,1H3,(H,39,41)(H,42,56)(H,43,55)(H,44,59)(H,45,57)(H,46,58)(H,47,54)(H,52,53)(H,60,61)(H4,37,38,40)/t16-,20+,21+,22+,23+,24+,25+,27+/m1/s1. The molecular formula is C35H52N12O14. The minimum Gasteiger partial charge on any atom is -0.508 e. The van der Waals surface area contributed by atoms with E-state index in [4.69, 9.17) is 22.3 Å². The van der Waals surface area contributed by atoms with Gasteiger partial charge in [0, 0.05) is 31.3 Å². The number of hydrogen-bond donors (Lipinski definition) is 16. The van der Waals surface area contributed by atoms with E-state index < -0.39 is 115 Å². The summed E-state index contributed by atoms with van der Waals surface area (Å²) in [5.74, 6) is -9.90. The third-order valence-corrected chi connectivity index (χ3v) is 8.61. The molecule has 0 saturated carbocycles. The van der Waals surface area contributed by atoms with Crippen molar-refractivity contribution in [2.75, 3.05) is 19.8 Å². The zero-order valence-corrected chi connectivity index (χ0v) is 32.8. The van der Waals surface area contributed by atoms with Crippen molar-refractivity contribution in [1.82, 2.24) is 41.9 Å². The van der Waals surface area contributed by atoms with Crippen LogP contribution in [-0.2, 0) is 51.2 Å². The summed E-state index contributed by atoms with van der Waals surface area (Å²) in [6, 6.07) is -6.12. The summed E-state index contributed by atoms with van der Waals surface area (Å²) in [6.45, 7) is -0.951. The molecule has 0 radical (unpaired) electrons. The molecule has 1 heterocycles. The molecule has 0 saturated heterocycles. The molecule has 1 aromatic heterocycles. The normalized spacial score (nSPS) is 14.8. The number of carboxylic acids is 2. The van der Waals surface area contributed by atoms with Crippen LogP contribution in [0.25, 0.3) is 0 Å². The lowest BCUT2D eigenvalue weighted by Gasteiger charge is -2.28. The molecule has 336 valence electrons. The Balaban J connectivity index is 2.47. The van der Waals surface area contributed by atoms with Gasteiger partial charge in [0.1, 0.15) is 42.0 Å². The highest BCUT2D eigenvalue weighted by molar-refractivity contribution is 5.97. The van der Waals surface area contributed by atoms with Crippen LogP contribution in [0.15, 0.2) is 41.8 Å². The third kappa shape index (κ3) is 17.5. The van der Waals surface area contributed by atoms with E-state index in [0.29, 0.717) is 11.3 Å². The van der Waals surface area contributed by atoms with E-state index in [2.05, 4.69) is 41.5 Å². The van der Waals surface area contributed by atoms with E-state index in [1.807, 2.05) is 5.32 Å². The summed E-state index contributed by atoms with van der Waals surface area (Å²) in [5.41, 5.74) is 17.1. The van der Waals surface area contributed by atoms with E-state index in [9.17, 15) is 63.9 Å². The van der Waals surface area contributed by atoms with Crippen LogP contribution >= 0.6 is 0 Å². The number of benzene rings is 1. The van der Waals surface area contributed by atoms with Crippen molar-refractivity contribution in [2.45, 2.75) is 87.4 Å². The Morgan fingerprint density at radius 2 is 1.26 bits per heavy atom. The molecule has 6 amide bonds. The smallest absolute Gasteiger partial charge is 0.328 e. The quantitative estimate of drug-likeness (QED) is 0.0237. The lowest BCUT2D eigenvalue weighted by molar-refractivity contribution is -0.143. The SMILES string of the molecule is C[C@@H](O)[C@H](NC(=O)[C@@H](N)CC(=O)O)C(=O)N[C@@H](Cc1ccc(O)cc1)C(=O)N[C@@H](CCCN=C(N)N)C(=O)N[C@@H](Cc1cnc[nH]1)C(=O)N[C@@H](CO)C(=O)N[C@@H](CO)C(=O)O. The van der Waals surface area contributed by atoms with Gasteiger partial charge in [-0.25, -0.2) is 9.78 Å². The number of aliphatic carboxylic acids is 2. The van der Waals surface area contributed by atoms with Gasteiger partial charge in [0.05, 0.1) is 38.1 Å². The maximum atomic E-state index is 14.1. The fourth-order valence-electron chi connectivity index (χ4n) is 5.35. The monoisotopic (exact) mass is 864 g/mol. The van der Waals surface area contributed by atoms with Crippen LogP contribution in [0, 0.1) is 0 Å². The Morgan fingerprint density at radius 1 is 0.738 bits per heavy atom. The number of aliphatic imine (C=N–C) groups is 1. The van der Waals surface area contributed by atoms with E-state index in [-0.39, 0.29) is 43.9 Å². The number of H-pyrrole nitrogens is 1. The number of imidazole rings is 1. The molecule has 0 bridgehead atoms. The molecular weight excluding hydrogens is 812 g/mol. The van der Waals surface area contributed by atoms with Crippen LogP contribution in [0.2, 0.25) is 0 Å². The topological polar surface area (TPSA) is 449 Å². The van der Waals surface area contributed by atoms with E-state index in [0.717, 1.165) is 6.92 Å². The summed E-state index contributed by atoms with van der Waals surface area (Å²) in [6.07, 6.45) is -0.569. The second kappa shape index (κ2) is 24.9. The Hall–Kier alpha value is -6.90. The van der Waals surface area contributed by atoms with Crippen LogP contribution in [0.4, 0.5) is 0 Å². The molecule has 19 N–H and O–H groups in total. The highest BCUT2D eigenvalue weighted by atomic mass is 16.4. The fraction of sp³-hybridized carbons (Fsp3) is 0.486. The number of nitrogens with zero attached hydrogens (tertiary/aromatic N) is 2. The minimum atomic E-state index is -1.77. The lowest BCUT2D eigenvalue weighted by atomic mass is 10.0. The molecule has 0 aliphatic heterocycles. The molecule has 26 nitrogen and oxygen atoms in total. The van der Waals surface area contributed by atoms with Gasteiger partial charge in [-0.05, 0) is 37.5 Å². The highest BCUT2D eigenvalue weighted by Gasteiger charge is 2.35. The molecule has 2 rings (SSSR count). The number of aromatic amines is 1. The molecule has 0 aliphatic rings. The molecule has 61 heavy (non-hydrogen) atoms. The number of guanidine groups is 1. The first-order valence-corrected chi connectivity index (χ1v) is 18.5. The first-order valence-electron chi connectivity index (χ1n) is 18.5. The number of nitrogens with two attached hydrogens (primary N) is 3. The van der Waals surface area contributed by atoms with Gasteiger partial charge in [-0.1, -0.05) is 12.1 Å². The van der Waals surface area contributed by atoms with Gasteiger partial charge < -0.3 is 84.7 Å². The number of hydrogen-bond acceptors (Lipinski definition) is 15. The molecule has 0 aliphatic carbocycles. The minimum absolute atomic E-state index is 0.0357. The second-order valence-corrected chi connectivity index (χ2v) is 13.5. The van der Waals surface area contributed by atoms with Crippen LogP contribution in [0.5, 0.6) is 5.75 Å². The Bertz CT molecular complexity index is 1840. The number of carbonyl (C=O) groups excluding carboxylic acids is 6. The van der Waals surface area contributed by atoms with Crippen molar-refractivity contribution in [3.63, 3.8) is 0 Å². The summed E-state index contributed by atoms with van der Waals surface area (Å²) in [5, 5.41) is 71.2. The van der Waals surface area contributed by atoms with Gasteiger partial charge in [0.15, 0.2) is 5.96 Å². The van der Waals surface area contributed by atoms with Crippen molar-refractivity contribution in [3.05, 3.63) is 48.0 Å². The van der Waals surface area contributed by atoms with Crippen LogP contribution in [0.3, 0.4) is 0 Å². The zero-order chi connectivity index (χ0) is 45.8. The van der Waals surface area contributed by atoms with Crippen molar-refractivity contribution < 1.29 is 69.0 Å². The lowest BCUT2D eigenvalue weighted by Crippen LogP contribution is -2.61. The second-order valence-electron chi connectivity index (χ2n) is 13.5. The molecule has 0 spiro atoms. The van der Waals surface area contributed by atoms with Gasteiger partial charge in [0.25, 0.3) is 0 Å². The summed E-state index contributed by atoms with van der Waals surface area (Å²) in [7, 11) is 0. The predicted octanol–water partition coefficient (Wildman–Crippen LogP) is -6.89. The van der Waals surface area contributed by atoms with E-state index in [1.54, 1.807) is 0 Å². The van der Waals surface area contributed by atoms with Gasteiger partial charge >= 0.3 is 11.9 Å². The Kier molecular flexibility index (Phi) is 20.5. The van der Waals surface area contributed by atoms with Crippen LogP contribution < -0.4 is 49.1 Å². The first kappa shape index (κ1) is 50.2. The number of carbonyl (C=O) groups is 8. The maximum absolute atomic E-state index is 14.1. The number of phenolic OH excluding ortho intramolecular Hbond substituents is 1. The van der Waals surface area contributed by atoms with Crippen LogP contribution in [-0.4, -0.2) is 162 Å². The van der Waals surface area contributed by atoms with Crippen molar-refractivity contribution >= 4 is 53.3 Å². The highest BCUT2D eigenvalue weighted by Crippen LogP contribution is 2.13. The number of aliphatic hydroxyl groups is 3. The first-order chi connectivity index (χ1) is 28.7. The molecule has 2 aromatic rings. The number of aromatic hydroxyl groups is 1.